The molecule has 1 saturated carbocycles. The predicted octanol–water partition coefficient (Wildman–Crippen LogP) is 1.19. The third-order valence-corrected chi connectivity index (χ3v) is 3.21. The van der Waals surface area contributed by atoms with E-state index in [1.165, 1.54) is 0 Å². The Morgan fingerprint density at radius 1 is 1.39 bits per heavy atom. The number of rotatable bonds is 5. The highest BCUT2D eigenvalue weighted by molar-refractivity contribution is 5.80. The van der Waals surface area contributed by atoms with E-state index in [4.69, 9.17) is 0 Å². The predicted molar refractivity (Wildman–Crippen MR) is 67.0 cm³/mol. The average Bonchev–Trinajstić information content (AvgIpc) is 3.17. The maximum atomic E-state index is 11.4. The van der Waals surface area contributed by atoms with E-state index in [0.29, 0.717) is 5.92 Å². The summed E-state index contributed by atoms with van der Waals surface area (Å²) in [6.45, 7) is 0.719. The van der Waals surface area contributed by atoms with Gasteiger partial charge in [-0.2, -0.15) is 0 Å². The zero-order chi connectivity index (χ0) is 12.4. The maximum absolute atomic E-state index is 11.4. The zero-order valence-electron chi connectivity index (χ0n) is 10.2. The summed E-state index contributed by atoms with van der Waals surface area (Å²) in [5.74, 6) is 1.45. The third kappa shape index (κ3) is 2.34. The first kappa shape index (κ1) is 11.2. The van der Waals surface area contributed by atoms with Gasteiger partial charge in [-0.15, -0.1) is 10.2 Å². The van der Waals surface area contributed by atoms with Crippen LogP contribution in [0.2, 0.25) is 0 Å². The van der Waals surface area contributed by atoms with Gasteiger partial charge in [-0.25, -0.2) is 0 Å². The molecule has 1 amide bonds. The molecule has 2 heterocycles. The fourth-order valence-corrected chi connectivity index (χ4v) is 2.01. The summed E-state index contributed by atoms with van der Waals surface area (Å²) >= 11 is 0. The number of nitrogens with zero attached hydrogens (tertiary/aromatic N) is 3. The highest BCUT2D eigenvalue weighted by Gasteiger charge is 2.28. The second-order valence-corrected chi connectivity index (χ2v) is 4.71. The molecular weight excluding hydrogens is 228 g/mol. The van der Waals surface area contributed by atoms with Gasteiger partial charge in [0.25, 0.3) is 0 Å². The molecule has 0 radical (unpaired) electrons. The molecule has 0 aliphatic heterocycles. The second-order valence-electron chi connectivity index (χ2n) is 4.71. The Labute approximate surface area is 105 Å². The summed E-state index contributed by atoms with van der Waals surface area (Å²) in [6, 6.07) is 5.85. The first-order valence-corrected chi connectivity index (χ1v) is 6.41. The van der Waals surface area contributed by atoms with Crippen LogP contribution in [-0.4, -0.2) is 27.0 Å². The highest BCUT2D eigenvalue weighted by atomic mass is 16.2. The number of hydrogen-bond acceptors (Lipinski definition) is 3. The van der Waals surface area contributed by atoms with Crippen LogP contribution in [0.1, 0.15) is 25.1 Å². The highest BCUT2D eigenvalue weighted by Crippen LogP contribution is 2.28. The molecule has 5 heteroatoms. The lowest BCUT2D eigenvalue weighted by Gasteiger charge is -2.03. The maximum Gasteiger partial charge on any atom is 0.223 e. The summed E-state index contributed by atoms with van der Waals surface area (Å²) in [4.78, 5) is 11.4. The van der Waals surface area contributed by atoms with E-state index in [2.05, 4.69) is 15.5 Å². The molecule has 1 N–H and O–H groups in total. The summed E-state index contributed by atoms with van der Waals surface area (Å²) < 4.78 is 1.99. The summed E-state index contributed by atoms with van der Waals surface area (Å²) in [5, 5.41) is 11.2. The lowest BCUT2D eigenvalue weighted by atomic mass is 10.3. The molecule has 1 fully saturated rings. The van der Waals surface area contributed by atoms with Gasteiger partial charge in [0.15, 0.2) is 5.65 Å². The van der Waals surface area contributed by atoms with Crippen molar-refractivity contribution in [3.05, 3.63) is 30.2 Å². The van der Waals surface area contributed by atoms with Crippen molar-refractivity contribution in [3.8, 4) is 0 Å². The van der Waals surface area contributed by atoms with Crippen LogP contribution in [-0.2, 0) is 11.2 Å². The molecule has 0 aromatic carbocycles. The molecule has 2 aromatic rings. The molecule has 3 rings (SSSR count). The van der Waals surface area contributed by atoms with Gasteiger partial charge < -0.3 is 5.32 Å². The quantitative estimate of drug-likeness (QED) is 0.804. The first-order chi connectivity index (χ1) is 8.84. The SMILES string of the molecule is O=C(NCCCc1nnc2ccccn12)C1CC1. The van der Waals surface area contributed by atoms with Crippen LogP contribution in [0, 0.1) is 5.92 Å². The summed E-state index contributed by atoms with van der Waals surface area (Å²) in [6.07, 6.45) is 5.80. The minimum absolute atomic E-state index is 0.209. The standard InChI is InChI=1S/C13H16N4O/c18-13(10-6-7-10)14-8-3-5-12-16-15-11-4-1-2-9-17(11)12/h1-2,4,9-10H,3,5-8H2,(H,14,18). The van der Waals surface area contributed by atoms with Gasteiger partial charge >= 0.3 is 0 Å². The number of carbonyl (C=O) groups excluding carboxylic acids is 1. The van der Waals surface area contributed by atoms with Crippen LogP contribution < -0.4 is 5.32 Å². The lowest BCUT2D eigenvalue weighted by Crippen LogP contribution is -2.26. The van der Waals surface area contributed by atoms with E-state index >= 15 is 0 Å². The number of amides is 1. The number of fused-ring (bicyclic) bond motifs is 1. The van der Waals surface area contributed by atoms with E-state index in [9.17, 15) is 4.79 Å². The van der Waals surface area contributed by atoms with E-state index in [1.807, 2.05) is 28.8 Å². The molecule has 0 saturated heterocycles. The van der Waals surface area contributed by atoms with Gasteiger partial charge in [-0.05, 0) is 31.4 Å². The van der Waals surface area contributed by atoms with Crippen molar-refractivity contribution in [2.24, 2.45) is 5.92 Å². The Balaban J connectivity index is 1.52. The van der Waals surface area contributed by atoms with Crippen molar-refractivity contribution >= 4 is 11.6 Å². The summed E-state index contributed by atoms with van der Waals surface area (Å²) in [7, 11) is 0. The van der Waals surface area contributed by atoms with E-state index in [-0.39, 0.29) is 5.91 Å². The Hall–Kier alpha value is -1.91. The average molecular weight is 244 g/mol. The van der Waals surface area contributed by atoms with Crippen LogP contribution in [0.25, 0.3) is 5.65 Å². The molecule has 0 unspecified atom stereocenters. The van der Waals surface area contributed by atoms with Crippen molar-refractivity contribution in [1.29, 1.82) is 0 Å². The van der Waals surface area contributed by atoms with E-state index in [0.717, 1.165) is 43.7 Å². The normalized spacial score (nSPS) is 14.9. The molecule has 1 aliphatic carbocycles. The fraction of sp³-hybridized carbons (Fsp3) is 0.462. The van der Waals surface area contributed by atoms with Crippen molar-refractivity contribution in [1.82, 2.24) is 19.9 Å². The Bertz CT molecular complexity index is 559. The van der Waals surface area contributed by atoms with Crippen LogP contribution in [0.3, 0.4) is 0 Å². The van der Waals surface area contributed by atoms with Crippen molar-refractivity contribution in [2.45, 2.75) is 25.7 Å². The fourth-order valence-electron chi connectivity index (χ4n) is 2.01. The number of hydrogen-bond donors (Lipinski definition) is 1. The van der Waals surface area contributed by atoms with E-state index in [1.54, 1.807) is 0 Å². The second kappa shape index (κ2) is 4.76. The van der Waals surface area contributed by atoms with Crippen LogP contribution in [0.15, 0.2) is 24.4 Å². The Kier molecular flexibility index (Phi) is 2.96. The van der Waals surface area contributed by atoms with Crippen LogP contribution >= 0.6 is 0 Å². The third-order valence-electron chi connectivity index (χ3n) is 3.21. The molecule has 1 aliphatic rings. The van der Waals surface area contributed by atoms with Gasteiger partial charge in [0, 0.05) is 25.1 Å². The lowest BCUT2D eigenvalue weighted by molar-refractivity contribution is -0.122. The number of carbonyl (C=O) groups is 1. The number of aromatic nitrogens is 3. The molecule has 94 valence electrons. The Morgan fingerprint density at radius 2 is 2.28 bits per heavy atom. The van der Waals surface area contributed by atoms with Gasteiger partial charge in [0.2, 0.25) is 5.91 Å². The minimum Gasteiger partial charge on any atom is -0.356 e. The molecule has 5 nitrogen and oxygen atoms in total. The van der Waals surface area contributed by atoms with Crippen LogP contribution in [0.4, 0.5) is 0 Å². The zero-order valence-corrected chi connectivity index (χ0v) is 10.2. The topological polar surface area (TPSA) is 59.3 Å². The number of pyridine rings is 1. The Morgan fingerprint density at radius 3 is 3.11 bits per heavy atom. The van der Waals surface area contributed by atoms with Crippen molar-refractivity contribution in [2.75, 3.05) is 6.54 Å². The van der Waals surface area contributed by atoms with Crippen molar-refractivity contribution in [3.63, 3.8) is 0 Å². The van der Waals surface area contributed by atoms with Crippen molar-refractivity contribution < 1.29 is 4.79 Å². The molecule has 0 bridgehead atoms. The molecule has 0 atom stereocenters. The smallest absolute Gasteiger partial charge is 0.223 e. The van der Waals surface area contributed by atoms with Gasteiger partial charge in [0.1, 0.15) is 5.82 Å². The first-order valence-electron chi connectivity index (χ1n) is 6.41. The van der Waals surface area contributed by atoms with Crippen LogP contribution in [0.5, 0.6) is 0 Å². The number of aryl methyl sites for hydroxylation is 1. The van der Waals surface area contributed by atoms with Gasteiger partial charge in [0.05, 0.1) is 0 Å². The molecule has 2 aromatic heterocycles. The minimum atomic E-state index is 0.209. The monoisotopic (exact) mass is 244 g/mol. The molecular formula is C13H16N4O. The largest absolute Gasteiger partial charge is 0.356 e. The molecule has 0 spiro atoms. The molecule has 18 heavy (non-hydrogen) atoms. The van der Waals surface area contributed by atoms with Gasteiger partial charge in [-0.1, -0.05) is 6.07 Å². The number of nitrogens with one attached hydrogen (secondary N) is 1. The summed E-state index contributed by atoms with van der Waals surface area (Å²) in [5.41, 5.74) is 0.870. The van der Waals surface area contributed by atoms with Gasteiger partial charge in [-0.3, -0.25) is 9.20 Å². The van der Waals surface area contributed by atoms with E-state index < -0.39 is 0 Å².